The molecule has 1 aromatic heterocycles. The van der Waals surface area contributed by atoms with E-state index in [9.17, 15) is 27.9 Å². The molecule has 4 rings (SSSR count). The molecule has 0 aliphatic carbocycles. The third kappa shape index (κ3) is 7.56. The first-order chi connectivity index (χ1) is 20.0. The van der Waals surface area contributed by atoms with Crippen LogP contribution in [-0.2, 0) is 12.7 Å². The van der Waals surface area contributed by atoms with Gasteiger partial charge in [-0.15, -0.1) is 0 Å². The Morgan fingerprint density at radius 2 is 1.83 bits per heavy atom. The average molecular weight is 586 g/mol. The van der Waals surface area contributed by atoms with Crippen LogP contribution < -0.4 is 15.4 Å². The van der Waals surface area contributed by atoms with E-state index in [-0.39, 0.29) is 41.1 Å². The number of amides is 3. The SMILES string of the molecule is C[C@H]1CN([C@@H](C)CO)C(=O)c2cccc(NC(=O)Nc3ccc(C(F)(F)F)cc3)c2O[C@H]1CN(C)Cc1ccncc1. The number of pyridine rings is 1. The fraction of sp³-hybridized carbons (Fsp3) is 0.367. The Bertz CT molecular complexity index is 1370. The molecule has 3 amide bonds. The lowest BCUT2D eigenvalue weighted by atomic mass is 9.99. The number of aliphatic hydroxyl groups excluding tert-OH is 1. The first kappa shape index (κ1) is 30.8. The molecule has 1 aliphatic heterocycles. The normalized spacial score (nSPS) is 18.0. The maximum atomic E-state index is 13.6. The number of nitrogens with zero attached hydrogens (tertiary/aromatic N) is 3. The average Bonchev–Trinajstić information content (AvgIpc) is 2.95. The van der Waals surface area contributed by atoms with Gasteiger partial charge in [-0.25, -0.2) is 4.79 Å². The lowest BCUT2D eigenvalue weighted by Gasteiger charge is -2.38. The third-order valence-electron chi connectivity index (χ3n) is 7.10. The van der Waals surface area contributed by atoms with Crippen LogP contribution in [0.4, 0.5) is 29.3 Å². The van der Waals surface area contributed by atoms with Crippen LogP contribution in [0.1, 0.15) is 35.3 Å². The van der Waals surface area contributed by atoms with E-state index < -0.39 is 29.9 Å². The van der Waals surface area contributed by atoms with Gasteiger partial charge in [-0.3, -0.25) is 14.7 Å². The molecular formula is C30H34F3N5O4. The molecule has 0 saturated carbocycles. The fourth-order valence-corrected chi connectivity index (χ4v) is 4.76. The van der Waals surface area contributed by atoms with E-state index in [0.29, 0.717) is 19.6 Å². The van der Waals surface area contributed by atoms with E-state index in [4.69, 9.17) is 4.74 Å². The zero-order chi connectivity index (χ0) is 30.4. The number of halogens is 3. The molecule has 0 unspecified atom stereocenters. The molecule has 3 atom stereocenters. The van der Waals surface area contributed by atoms with Gasteiger partial charge in [0.15, 0.2) is 5.75 Å². The van der Waals surface area contributed by atoms with Gasteiger partial charge in [-0.2, -0.15) is 13.2 Å². The molecule has 0 bridgehead atoms. The van der Waals surface area contributed by atoms with Crippen molar-refractivity contribution < 1.29 is 32.6 Å². The van der Waals surface area contributed by atoms with Gasteiger partial charge in [0.1, 0.15) is 6.10 Å². The summed E-state index contributed by atoms with van der Waals surface area (Å²) in [6.45, 7) is 4.97. The van der Waals surface area contributed by atoms with Gasteiger partial charge in [0.25, 0.3) is 5.91 Å². The highest BCUT2D eigenvalue weighted by atomic mass is 19.4. The first-order valence-electron chi connectivity index (χ1n) is 13.5. The number of aliphatic hydroxyl groups is 1. The van der Waals surface area contributed by atoms with E-state index in [1.807, 2.05) is 26.1 Å². The number of nitrogens with one attached hydrogen (secondary N) is 2. The van der Waals surface area contributed by atoms with Crippen molar-refractivity contribution >= 4 is 23.3 Å². The third-order valence-corrected chi connectivity index (χ3v) is 7.10. The van der Waals surface area contributed by atoms with Crippen molar-refractivity contribution in [2.75, 3.05) is 37.4 Å². The molecule has 0 radical (unpaired) electrons. The molecule has 0 spiro atoms. The van der Waals surface area contributed by atoms with Crippen LogP contribution in [0.25, 0.3) is 0 Å². The van der Waals surface area contributed by atoms with Crippen molar-refractivity contribution in [3.8, 4) is 5.75 Å². The van der Waals surface area contributed by atoms with Crippen LogP contribution in [-0.4, -0.2) is 70.7 Å². The number of likely N-dealkylation sites (N-methyl/N-ethyl adjacent to an activating group) is 1. The van der Waals surface area contributed by atoms with E-state index >= 15 is 0 Å². The minimum Gasteiger partial charge on any atom is -0.486 e. The molecular weight excluding hydrogens is 551 g/mol. The summed E-state index contributed by atoms with van der Waals surface area (Å²) >= 11 is 0. The molecule has 0 saturated heterocycles. The number of benzene rings is 2. The molecule has 42 heavy (non-hydrogen) atoms. The molecule has 9 nitrogen and oxygen atoms in total. The zero-order valence-corrected chi connectivity index (χ0v) is 23.6. The van der Waals surface area contributed by atoms with Crippen molar-refractivity contribution in [1.82, 2.24) is 14.8 Å². The summed E-state index contributed by atoms with van der Waals surface area (Å²) in [6.07, 6.45) is -1.45. The Morgan fingerprint density at radius 3 is 2.48 bits per heavy atom. The molecule has 2 heterocycles. The van der Waals surface area contributed by atoms with Crippen LogP contribution in [0.15, 0.2) is 67.0 Å². The number of fused-ring (bicyclic) bond motifs is 1. The smallest absolute Gasteiger partial charge is 0.416 e. The van der Waals surface area contributed by atoms with Crippen molar-refractivity contribution in [2.45, 2.75) is 38.7 Å². The quantitative estimate of drug-likeness (QED) is 0.340. The van der Waals surface area contributed by atoms with E-state index in [2.05, 4.69) is 20.5 Å². The number of hydrogen-bond acceptors (Lipinski definition) is 6. The molecule has 3 aromatic rings. The van der Waals surface area contributed by atoms with Crippen molar-refractivity contribution in [1.29, 1.82) is 0 Å². The molecule has 3 N–H and O–H groups in total. The van der Waals surface area contributed by atoms with Gasteiger partial charge in [0.2, 0.25) is 0 Å². The summed E-state index contributed by atoms with van der Waals surface area (Å²) in [5, 5.41) is 15.1. The van der Waals surface area contributed by atoms with Gasteiger partial charge in [0.05, 0.1) is 29.5 Å². The fourth-order valence-electron chi connectivity index (χ4n) is 4.76. The maximum Gasteiger partial charge on any atom is 0.416 e. The molecule has 1 aliphatic rings. The molecule has 224 valence electrons. The van der Waals surface area contributed by atoms with Crippen molar-refractivity contribution in [2.24, 2.45) is 5.92 Å². The highest BCUT2D eigenvalue weighted by Crippen LogP contribution is 2.35. The monoisotopic (exact) mass is 585 g/mol. The number of rotatable bonds is 8. The number of alkyl halides is 3. The van der Waals surface area contributed by atoms with Crippen LogP contribution >= 0.6 is 0 Å². The summed E-state index contributed by atoms with van der Waals surface area (Å²) in [5.41, 5.74) is 0.831. The second kappa shape index (κ2) is 13.2. The van der Waals surface area contributed by atoms with Crippen LogP contribution in [0, 0.1) is 5.92 Å². The van der Waals surface area contributed by atoms with Gasteiger partial charge in [0, 0.05) is 43.6 Å². The van der Waals surface area contributed by atoms with Crippen molar-refractivity contribution in [3.63, 3.8) is 0 Å². The lowest BCUT2D eigenvalue weighted by Crippen LogP contribution is -2.49. The highest BCUT2D eigenvalue weighted by Gasteiger charge is 2.35. The number of anilines is 2. The number of urea groups is 1. The van der Waals surface area contributed by atoms with Gasteiger partial charge in [-0.05, 0) is 68.1 Å². The van der Waals surface area contributed by atoms with Gasteiger partial charge >= 0.3 is 12.2 Å². The van der Waals surface area contributed by atoms with E-state index in [1.165, 1.54) is 0 Å². The Balaban J connectivity index is 1.60. The second-order valence-corrected chi connectivity index (χ2v) is 10.5. The predicted octanol–water partition coefficient (Wildman–Crippen LogP) is 5.10. The minimum absolute atomic E-state index is 0.148. The number of carbonyl (C=O) groups excluding carboxylic acids is 2. The number of ether oxygens (including phenoxy) is 1. The van der Waals surface area contributed by atoms with Crippen LogP contribution in [0.2, 0.25) is 0 Å². The Morgan fingerprint density at radius 1 is 1.14 bits per heavy atom. The van der Waals surface area contributed by atoms with Crippen LogP contribution in [0.5, 0.6) is 5.75 Å². The lowest BCUT2D eigenvalue weighted by molar-refractivity contribution is -0.137. The largest absolute Gasteiger partial charge is 0.486 e. The number of aromatic nitrogens is 1. The number of para-hydroxylation sites is 1. The molecule has 12 heteroatoms. The van der Waals surface area contributed by atoms with E-state index in [1.54, 1.807) is 42.4 Å². The summed E-state index contributed by atoms with van der Waals surface area (Å²) in [4.78, 5) is 34.3. The number of carbonyl (C=O) groups is 2. The minimum atomic E-state index is -4.49. The van der Waals surface area contributed by atoms with E-state index in [0.717, 1.165) is 29.8 Å². The Kier molecular flexibility index (Phi) is 9.69. The zero-order valence-electron chi connectivity index (χ0n) is 23.6. The standard InChI is InChI=1S/C30H34F3N5O4/c1-19-15-38(20(2)18-39)28(40)24-5-4-6-25(36-29(41)35-23-9-7-22(8-10-23)30(31,32)33)27(24)42-26(19)17-37(3)16-21-11-13-34-14-12-21/h4-14,19-20,26,39H,15-18H2,1-3H3,(H2,35,36,41)/t19-,20-,26-/m0/s1. The molecule has 0 fully saturated rings. The van der Waals surface area contributed by atoms with Gasteiger partial charge in [-0.1, -0.05) is 13.0 Å². The predicted molar refractivity (Wildman–Crippen MR) is 152 cm³/mol. The Labute approximate surface area is 242 Å². The topological polar surface area (TPSA) is 107 Å². The van der Waals surface area contributed by atoms with Gasteiger partial charge < -0.3 is 25.4 Å². The van der Waals surface area contributed by atoms with Crippen molar-refractivity contribution in [3.05, 3.63) is 83.7 Å². The number of hydrogen-bond donors (Lipinski definition) is 3. The highest BCUT2D eigenvalue weighted by molar-refractivity contribution is 6.04. The first-order valence-corrected chi connectivity index (χ1v) is 13.5. The Hall–Kier alpha value is -4.16. The molecule has 2 aromatic carbocycles. The summed E-state index contributed by atoms with van der Waals surface area (Å²) in [6, 6.07) is 11.5. The maximum absolute atomic E-state index is 13.6. The summed E-state index contributed by atoms with van der Waals surface area (Å²) < 4.78 is 45.2. The van der Waals surface area contributed by atoms with Crippen LogP contribution in [0.3, 0.4) is 0 Å². The summed E-state index contributed by atoms with van der Waals surface area (Å²) in [5.74, 6) is -0.326. The summed E-state index contributed by atoms with van der Waals surface area (Å²) in [7, 11) is 1.96. The second-order valence-electron chi connectivity index (χ2n) is 10.5.